The molecule has 0 amide bonds. The van der Waals surface area contributed by atoms with Gasteiger partial charge in [-0.25, -0.2) is 0 Å². The highest BCUT2D eigenvalue weighted by Crippen LogP contribution is 2.41. The maximum Gasteiger partial charge on any atom is 0.144 e. The minimum atomic E-state index is 0.533. The fourth-order valence-electron chi connectivity index (χ4n) is 4.92. The number of benzene rings is 3. The smallest absolute Gasteiger partial charge is 0.144 e. The van der Waals surface area contributed by atoms with Crippen molar-refractivity contribution in [2.45, 2.75) is 18.8 Å². The first-order valence-electron chi connectivity index (χ1n) is 11.3. The zero-order valence-electron chi connectivity index (χ0n) is 18.1. The highest BCUT2D eigenvalue weighted by molar-refractivity contribution is 6.13. The molecule has 3 heterocycles. The number of hydrogen-bond donors (Lipinski definition) is 0. The number of pyridine rings is 1. The number of furan rings is 1. The zero-order valence-corrected chi connectivity index (χ0v) is 18.1. The quantitative estimate of drug-likeness (QED) is 0.307. The normalized spacial score (nSPS) is 14.5. The molecular formula is C29H22N2O2. The van der Waals surface area contributed by atoms with Crippen LogP contribution in [-0.4, -0.2) is 18.2 Å². The van der Waals surface area contributed by atoms with Gasteiger partial charge in [0.25, 0.3) is 0 Å². The molecule has 1 aliphatic heterocycles. The van der Waals surface area contributed by atoms with E-state index in [1.165, 1.54) is 5.56 Å². The minimum absolute atomic E-state index is 0.533. The maximum absolute atomic E-state index is 9.89. The first kappa shape index (κ1) is 19.7. The van der Waals surface area contributed by atoms with Crippen LogP contribution in [0.2, 0.25) is 0 Å². The Bertz CT molecular complexity index is 1490. The SMILES string of the molecule is N#Cc1ccc2c(oc3c(-c4ccccn4)cccc32)c1-c1ccc(C2CCOCC2)cc1. The molecule has 0 saturated carbocycles. The Balaban J connectivity index is 1.53. The van der Waals surface area contributed by atoms with Crippen molar-refractivity contribution in [3.8, 4) is 28.5 Å². The van der Waals surface area contributed by atoms with Crippen LogP contribution in [0.3, 0.4) is 0 Å². The molecule has 1 saturated heterocycles. The van der Waals surface area contributed by atoms with Crippen molar-refractivity contribution >= 4 is 21.9 Å². The fraction of sp³-hybridized carbons (Fsp3) is 0.172. The second-order valence-corrected chi connectivity index (χ2v) is 8.48. The van der Waals surface area contributed by atoms with Gasteiger partial charge in [-0.3, -0.25) is 4.98 Å². The van der Waals surface area contributed by atoms with E-state index in [9.17, 15) is 5.26 Å². The van der Waals surface area contributed by atoms with Crippen LogP contribution in [0.5, 0.6) is 0 Å². The molecule has 4 heteroatoms. The van der Waals surface area contributed by atoms with Crippen LogP contribution < -0.4 is 0 Å². The molecule has 0 spiro atoms. The van der Waals surface area contributed by atoms with Gasteiger partial charge in [0.2, 0.25) is 0 Å². The Morgan fingerprint density at radius 3 is 2.39 bits per heavy atom. The lowest BCUT2D eigenvalue weighted by Crippen LogP contribution is -2.13. The summed E-state index contributed by atoms with van der Waals surface area (Å²) in [6.45, 7) is 1.64. The van der Waals surface area contributed by atoms with E-state index in [1.807, 2.05) is 42.5 Å². The summed E-state index contributed by atoms with van der Waals surface area (Å²) >= 11 is 0. The van der Waals surface area contributed by atoms with Crippen molar-refractivity contribution in [3.05, 3.63) is 90.1 Å². The summed E-state index contributed by atoms with van der Waals surface area (Å²) in [5, 5.41) is 11.9. The van der Waals surface area contributed by atoms with Gasteiger partial charge in [0.15, 0.2) is 0 Å². The number of aromatic nitrogens is 1. The molecule has 2 aromatic heterocycles. The van der Waals surface area contributed by atoms with Crippen molar-refractivity contribution < 1.29 is 9.15 Å². The predicted molar refractivity (Wildman–Crippen MR) is 130 cm³/mol. The van der Waals surface area contributed by atoms with Crippen molar-refractivity contribution in [1.82, 2.24) is 4.98 Å². The van der Waals surface area contributed by atoms with Gasteiger partial charge in [-0.15, -0.1) is 0 Å². The third-order valence-electron chi connectivity index (χ3n) is 6.62. The van der Waals surface area contributed by atoms with E-state index >= 15 is 0 Å². The van der Waals surface area contributed by atoms with Gasteiger partial charge in [0.05, 0.1) is 17.3 Å². The van der Waals surface area contributed by atoms with E-state index in [4.69, 9.17) is 9.15 Å². The van der Waals surface area contributed by atoms with E-state index in [2.05, 4.69) is 41.4 Å². The molecule has 0 aliphatic carbocycles. The molecule has 33 heavy (non-hydrogen) atoms. The highest BCUT2D eigenvalue weighted by atomic mass is 16.5. The number of rotatable bonds is 3. The summed E-state index contributed by atoms with van der Waals surface area (Å²) in [5.74, 6) is 0.533. The lowest BCUT2D eigenvalue weighted by atomic mass is 9.89. The number of hydrogen-bond acceptors (Lipinski definition) is 4. The molecule has 1 fully saturated rings. The topological polar surface area (TPSA) is 59.0 Å². The molecule has 3 aromatic carbocycles. The van der Waals surface area contributed by atoms with E-state index in [0.717, 1.165) is 70.4 Å². The Morgan fingerprint density at radius 1 is 0.818 bits per heavy atom. The van der Waals surface area contributed by atoms with Crippen LogP contribution >= 0.6 is 0 Å². The largest absolute Gasteiger partial charge is 0.455 e. The molecule has 0 bridgehead atoms. The molecule has 0 atom stereocenters. The van der Waals surface area contributed by atoms with Crippen molar-refractivity contribution in [1.29, 1.82) is 5.26 Å². The van der Waals surface area contributed by atoms with Crippen LogP contribution in [-0.2, 0) is 4.74 Å². The average molecular weight is 431 g/mol. The third kappa shape index (κ3) is 3.38. The Morgan fingerprint density at radius 2 is 1.64 bits per heavy atom. The number of nitrogens with zero attached hydrogens (tertiary/aromatic N) is 2. The van der Waals surface area contributed by atoms with Gasteiger partial charge in [-0.2, -0.15) is 5.26 Å². The summed E-state index contributed by atoms with van der Waals surface area (Å²) in [4.78, 5) is 4.52. The number of ether oxygens (including phenoxy) is 1. The zero-order chi connectivity index (χ0) is 22.2. The lowest BCUT2D eigenvalue weighted by molar-refractivity contribution is 0.0853. The van der Waals surface area contributed by atoms with Gasteiger partial charge >= 0.3 is 0 Å². The summed E-state index contributed by atoms with van der Waals surface area (Å²) in [7, 11) is 0. The van der Waals surface area contributed by atoms with Gasteiger partial charge < -0.3 is 9.15 Å². The molecule has 1 aliphatic rings. The minimum Gasteiger partial charge on any atom is -0.455 e. The number of nitriles is 1. The molecule has 0 unspecified atom stereocenters. The van der Waals surface area contributed by atoms with Crippen molar-refractivity contribution in [2.24, 2.45) is 0 Å². The number of fused-ring (bicyclic) bond motifs is 3. The molecule has 5 aromatic rings. The molecular weight excluding hydrogens is 408 g/mol. The van der Waals surface area contributed by atoms with Crippen LogP contribution in [0, 0.1) is 11.3 Å². The predicted octanol–water partition coefficient (Wildman–Crippen LogP) is 7.08. The Hall–Kier alpha value is -3.94. The van der Waals surface area contributed by atoms with Gasteiger partial charge in [-0.05, 0) is 60.2 Å². The Kier molecular flexibility index (Phi) is 4.90. The fourth-order valence-corrected chi connectivity index (χ4v) is 4.92. The van der Waals surface area contributed by atoms with Crippen LogP contribution in [0.1, 0.15) is 29.9 Å². The summed E-state index contributed by atoms with van der Waals surface area (Å²) in [6.07, 6.45) is 3.90. The molecule has 0 radical (unpaired) electrons. The summed E-state index contributed by atoms with van der Waals surface area (Å²) < 4.78 is 12.0. The molecule has 160 valence electrons. The second kappa shape index (κ2) is 8.20. The average Bonchev–Trinajstić information content (AvgIpc) is 3.28. The first-order valence-corrected chi connectivity index (χ1v) is 11.3. The van der Waals surface area contributed by atoms with Gasteiger partial charge in [0.1, 0.15) is 11.2 Å². The van der Waals surface area contributed by atoms with Crippen molar-refractivity contribution in [2.75, 3.05) is 13.2 Å². The van der Waals surface area contributed by atoms with E-state index < -0.39 is 0 Å². The van der Waals surface area contributed by atoms with Gasteiger partial charge in [0, 0.05) is 41.3 Å². The molecule has 4 nitrogen and oxygen atoms in total. The molecule has 0 N–H and O–H groups in total. The monoisotopic (exact) mass is 430 g/mol. The standard InChI is InChI=1S/C29H22N2O2/c30-18-22-11-12-24-23-4-3-5-25(26-6-1-2-15-31-26)28(23)33-29(24)27(22)21-9-7-19(8-10-21)20-13-16-32-17-14-20/h1-12,15,20H,13-14,16-17H2. The van der Waals surface area contributed by atoms with Crippen LogP contribution in [0.4, 0.5) is 0 Å². The number of para-hydroxylation sites is 1. The van der Waals surface area contributed by atoms with Gasteiger partial charge in [-0.1, -0.05) is 42.5 Å². The molecule has 6 rings (SSSR count). The van der Waals surface area contributed by atoms with E-state index in [-0.39, 0.29) is 0 Å². The highest BCUT2D eigenvalue weighted by Gasteiger charge is 2.20. The Labute approximate surface area is 192 Å². The maximum atomic E-state index is 9.89. The lowest BCUT2D eigenvalue weighted by Gasteiger charge is -2.22. The second-order valence-electron chi connectivity index (χ2n) is 8.48. The summed E-state index contributed by atoms with van der Waals surface area (Å²) in [5.41, 5.74) is 7.12. The van der Waals surface area contributed by atoms with E-state index in [1.54, 1.807) is 6.20 Å². The first-order chi connectivity index (χ1) is 16.3. The van der Waals surface area contributed by atoms with Crippen molar-refractivity contribution in [3.63, 3.8) is 0 Å². The van der Waals surface area contributed by atoms with Crippen LogP contribution in [0.25, 0.3) is 44.3 Å². The summed E-state index contributed by atoms with van der Waals surface area (Å²) in [6, 6.07) is 26.9. The van der Waals surface area contributed by atoms with Crippen LogP contribution in [0.15, 0.2) is 83.4 Å². The van der Waals surface area contributed by atoms with E-state index in [0.29, 0.717) is 11.5 Å². The third-order valence-corrected chi connectivity index (χ3v) is 6.62.